The lowest BCUT2D eigenvalue weighted by Crippen LogP contribution is -2.09. The van der Waals surface area contributed by atoms with Crippen LogP contribution in [0.2, 0.25) is 5.02 Å². The molecule has 3 rings (SSSR count). The van der Waals surface area contributed by atoms with E-state index in [0.717, 1.165) is 16.9 Å². The third-order valence-corrected chi connectivity index (χ3v) is 3.47. The summed E-state index contributed by atoms with van der Waals surface area (Å²) in [7, 11) is 0. The summed E-state index contributed by atoms with van der Waals surface area (Å²) >= 11 is 5.83. The molecule has 23 heavy (non-hydrogen) atoms. The molecule has 2 aromatic carbocycles. The van der Waals surface area contributed by atoms with E-state index in [9.17, 15) is 4.79 Å². The van der Waals surface area contributed by atoms with Gasteiger partial charge in [0.15, 0.2) is 0 Å². The molecule has 2 N–H and O–H groups in total. The van der Waals surface area contributed by atoms with E-state index in [1.807, 2.05) is 36.4 Å². The lowest BCUT2D eigenvalue weighted by molar-refractivity contribution is 0.0965. The van der Waals surface area contributed by atoms with Gasteiger partial charge in [-0.25, -0.2) is 0 Å². The average molecular weight is 329 g/mol. The minimum atomic E-state index is -0.642. The van der Waals surface area contributed by atoms with Crippen molar-refractivity contribution in [3.05, 3.63) is 70.9 Å². The molecule has 0 fully saturated rings. The molecule has 5 nitrogen and oxygen atoms in total. The highest BCUT2D eigenvalue weighted by Crippen LogP contribution is 2.21. The SMILES string of the molecule is NC(=O)c1cc(-c2ccc(COc3ccc(Cl)cc3)cc2)no1. The van der Waals surface area contributed by atoms with Crippen LogP contribution in [-0.2, 0) is 6.61 Å². The summed E-state index contributed by atoms with van der Waals surface area (Å²) in [6, 6.07) is 16.3. The lowest BCUT2D eigenvalue weighted by atomic mass is 10.1. The second kappa shape index (κ2) is 6.54. The largest absolute Gasteiger partial charge is 0.489 e. The topological polar surface area (TPSA) is 78.4 Å². The summed E-state index contributed by atoms with van der Waals surface area (Å²) < 4.78 is 10.5. The molecule has 3 aromatic rings. The Bertz CT molecular complexity index is 811. The minimum Gasteiger partial charge on any atom is -0.489 e. The van der Waals surface area contributed by atoms with Crippen molar-refractivity contribution in [1.82, 2.24) is 5.16 Å². The van der Waals surface area contributed by atoms with E-state index < -0.39 is 5.91 Å². The minimum absolute atomic E-state index is 0.0372. The molecule has 0 saturated carbocycles. The monoisotopic (exact) mass is 328 g/mol. The van der Waals surface area contributed by atoms with Gasteiger partial charge in [-0.3, -0.25) is 4.79 Å². The molecule has 0 spiro atoms. The highest BCUT2D eigenvalue weighted by molar-refractivity contribution is 6.30. The fourth-order valence-electron chi connectivity index (χ4n) is 2.00. The van der Waals surface area contributed by atoms with Crippen molar-refractivity contribution >= 4 is 17.5 Å². The van der Waals surface area contributed by atoms with Crippen LogP contribution in [0.1, 0.15) is 16.1 Å². The number of rotatable bonds is 5. The summed E-state index contributed by atoms with van der Waals surface area (Å²) in [6.07, 6.45) is 0. The van der Waals surface area contributed by atoms with Crippen molar-refractivity contribution in [2.75, 3.05) is 0 Å². The second-order valence-electron chi connectivity index (χ2n) is 4.88. The zero-order valence-electron chi connectivity index (χ0n) is 12.0. The van der Waals surface area contributed by atoms with Gasteiger partial charge in [0, 0.05) is 16.7 Å². The van der Waals surface area contributed by atoms with Gasteiger partial charge in [0.25, 0.3) is 5.91 Å². The first-order valence-corrected chi connectivity index (χ1v) is 7.24. The Morgan fingerprint density at radius 3 is 2.43 bits per heavy atom. The molecule has 116 valence electrons. The van der Waals surface area contributed by atoms with Crippen LogP contribution >= 0.6 is 11.6 Å². The van der Waals surface area contributed by atoms with Crippen molar-refractivity contribution in [2.45, 2.75) is 6.61 Å². The molecule has 0 atom stereocenters. The summed E-state index contributed by atoms with van der Waals surface area (Å²) in [5, 5.41) is 4.49. The number of benzene rings is 2. The molecule has 0 aliphatic carbocycles. The van der Waals surface area contributed by atoms with E-state index >= 15 is 0 Å². The van der Waals surface area contributed by atoms with E-state index in [1.54, 1.807) is 12.1 Å². The number of primary amides is 1. The van der Waals surface area contributed by atoms with Gasteiger partial charge in [-0.1, -0.05) is 41.0 Å². The zero-order valence-corrected chi connectivity index (χ0v) is 12.8. The highest BCUT2D eigenvalue weighted by atomic mass is 35.5. The number of aromatic nitrogens is 1. The number of carbonyl (C=O) groups is 1. The number of ether oxygens (including phenoxy) is 1. The van der Waals surface area contributed by atoms with Crippen LogP contribution in [0.3, 0.4) is 0 Å². The average Bonchev–Trinajstić information content (AvgIpc) is 3.05. The number of hydrogen-bond acceptors (Lipinski definition) is 4. The highest BCUT2D eigenvalue weighted by Gasteiger charge is 2.10. The van der Waals surface area contributed by atoms with Crippen molar-refractivity contribution < 1.29 is 14.1 Å². The van der Waals surface area contributed by atoms with Gasteiger partial charge in [0.05, 0.1) is 0 Å². The molecule has 0 unspecified atom stereocenters. The second-order valence-corrected chi connectivity index (χ2v) is 5.32. The Hall–Kier alpha value is -2.79. The Morgan fingerprint density at radius 1 is 1.13 bits per heavy atom. The molecule has 0 aliphatic heterocycles. The van der Waals surface area contributed by atoms with Gasteiger partial charge in [0.2, 0.25) is 5.76 Å². The van der Waals surface area contributed by atoms with Gasteiger partial charge >= 0.3 is 0 Å². The van der Waals surface area contributed by atoms with Crippen LogP contribution in [0.4, 0.5) is 0 Å². The molecular formula is C17H13ClN2O3. The number of nitrogens with two attached hydrogens (primary N) is 1. The number of halogens is 1. The van der Waals surface area contributed by atoms with Crippen LogP contribution in [0.25, 0.3) is 11.3 Å². The van der Waals surface area contributed by atoms with E-state index in [-0.39, 0.29) is 5.76 Å². The molecule has 6 heteroatoms. The van der Waals surface area contributed by atoms with Crippen LogP contribution < -0.4 is 10.5 Å². The first-order valence-electron chi connectivity index (χ1n) is 6.86. The molecule has 1 amide bonds. The Morgan fingerprint density at radius 2 is 1.83 bits per heavy atom. The van der Waals surface area contributed by atoms with E-state index in [0.29, 0.717) is 17.3 Å². The van der Waals surface area contributed by atoms with Crippen molar-refractivity contribution in [3.8, 4) is 17.0 Å². The third-order valence-electron chi connectivity index (χ3n) is 3.22. The number of carbonyl (C=O) groups excluding carboxylic acids is 1. The fraction of sp³-hybridized carbons (Fsp3) is 0.0588. The number of hydrogen-bond donors (Lipinski definition) is 1. The molecule has 0 radical (unpaired) electrons. The predicted molar refractivity (Wildman–Crippen MR) is 86.2 cm³/mol. The molecule has 1 heterocycles. The van der Waals surface area contributed by atoms with Crippen molar-refractivity contribution in [3.63, 3.8) is 0 Å². The summed E-state index contributed by atoms with van der Waals surface area (Å²) in [5.74, 6) is 0.146. The molecule has 0 aliphatic rings. The maximum absolute atomic E-state index is 11.0. The summed E-state index contributed by atoms with van der Waals surface area (Å²) in [5.41, 5.74) is 7.53. The molecule has 0 bridgehead atoms. The first-order chi connectivity index (χ1) is 11.1. The Balaban J connectivity index is 1.66. The van der Waals surface area contributed by atoms with Gasteiger partial charge in [-0.05, 0) is 29.8 Å². The Kier molecular flexibility index (Phi) is 4.30. The van der Waals surface area contributed by atoms with Crippen molar-refractivity contribution in [2.24, 2.45) is 5.73 Å². The van der Waals surface area contributed by atoms with E-state index in [1.165, 1.54) is 6.07 Å². The number of nitrogens with zero attached hydrogens (tertiary/aromatic N) is 1. The lowest BCUT2D eigenvalue weighted by Gasteiger charge is -2.06. The van der Waals surface area contributed by atoms with Gasteiger partial charge in [-0.2, -0.15) is 0 Å². The Labute approximate surface area is 137 Å². The molecular weight excluding hydrogens is 316 g/mol. The van der Waals surface area contributed by atoms with Crippen LogP contribution in [0, 0.1) is 0 Å². The van der Waals surface area contributed by atoms with E-state index in [4.69, 9.17) is 26.6 Å². The third kappa shape index (κ3) is 3.70. The van der Waals surface area contributed by atoms with Crippen LogP contribution in [0.15, 0.2) is 59.1 Å². The maximum atomic E-state index is 11.0. The van der Waals surface area contributed by atoms with Gasteiger partial charge in [-0.15, -0.1) is 0 Å². The predicted octanol–water partition coefficient (Wildman–Crippen LogP) is 3.67. The zero-order chi connectivity index (χ0) is 16.2. The summed E-state index contributed by atoms with van der Waals surface area (Å²) in [6.45, 7) is 0.438. The molecule has 0 saturated heterocycles. The molecule has 1 aromatic heterocycles. The van der Waals surface area contributed by atoms with E-state index in [2.05, 4.69) is 5.16 Å². The van der Waals surface area contributed by atoms with Gasteiger partial charge in [0.1, 0.15) is 18.1 Å². The van der Waals surface area contributed by atoms with Crippen LogP contribution in [-0.4, -0.2) is 11.1 Å². The van der Waals surface area contributed by atoms with Crippen molar-refractivity contribution in [1.29, 1.82) is 0 Å². The fourth-order valence-corrected chi connectivity index (χ4v) is 2.12. The normalized spacial score (nSPS) is 10.5. The first kappa shape index (κ1) is 15.1. The van der Waals surface area contributed by atoms with Gasteiger partial charge < -0.3 is 15.0 Å². The number of amides is 1. The smallest absolute Gasteiger partial charge is 0.287 e. The quantitative estimate of drug-likeness (QED) is 0.775. The van der Waals surface area contributed by atoms with Crippen LogP contribution in [0.5, 0.6) is 5.75 Å². The summed E-state index contributed by atoms with van der Waals surface area (Å²) in [4.78, 5) is 11.0. The maximum Gasteiger partial charge on any atom is 0.287 e. The standard InChI is InChI=1S/C17H13ClN2O3/c18-13-5-7-14(8-6-13)22-10-11-1-3-12(4-2-11)15-9-16(17(19)21)23-20-15/h1-9H,10H2,(H2,19,21).